The topological polar surface area (TPSA) is 58.2 Å². The fourth-order valence-electron chi connectivity index (χ4n) is 2.13. The molecule has 0 spiro atoms. The van der Waals surface area contributed by atoms with Crippen molar-refractivity contribution in [3.8, 4) is 0 Å². The van der Waals surface area contributed by atoms with Gasteiger partial charge in [0.1, 0.15) is 4.21 Å². The van der Waals surface area contributed by atoms with Crippen LogP contribution in [0.2, 0.25) is 0 Å². The van der Waals surface area contributed by atoms with E-state index in [1.165, 1.54) is 11.3 Å². The second-order valence-electron chi connectivity index (χ2n) is 4.95. The Morgan fingerprint density at radius 3 is 2.78 bits per heavy atom. The fraction of sp³-hybridized carbons (Fsp3) is 0.667. The van der Waals surface area contributed by atoms with Crippen molar-refractivity contribution in [1.82, 2.24) is 10.0 Å². The number of hydrogen-bond donors (Lipinski definition) is 2. The minimum absolute atomic E-state index is 0.129. The maximum atomic E-state index is 12.1. The van der Waals surface area contributed by atoms with Gasteiger partial charge in [-0.1, -0.05) is 13.8 Å². The lowest BCUT2D eigenvalue weighted by molar-refractivity contribution is 0.270. The molecule has 0 amide bonds. The van der Waals surface area contributed by atoms with Crippen molar-refractivity contribution >= 4 is 21.4 Å². The van der Waals surface area contributed by atoms with Gasteiger partial charge in [-0.05, 0) is 42.3 Å². The van der Waals surface area contributed by atoms with Crippen LogP contribution in [0.5, 0.6) is 0 Å². The zero-order chi connectivity index (χ0) is 13.2. The van der Waals surface area contributed by atoms with Crippen LogP contribution in [0, 0.1) is 5.92 Å². The number of rotatable bonds is 6. The van der Waals surface area contributed by atoms with E-state index >= 15 is 0 Å². The maximum Gasteiger partial charge on any atom is 0.250 e. The van der Waals surface area contributed by atoms with Crippen LogP contribution in [0.1, 0.15) is 32.3 Å². The van der Waals surface area contributed by atoms with E-state index in [2.05, 4.69) is 17.0 Å². The molecule has 1 aliphatic carbocycles. The molecule has 2 N–H and O–H groups in total. The van der Waals surface area contributed by atoms with Gasteiger partial charge in [-0.15, -0.1) is 11.3 Å². The van der Waals surface area contributed by atoms with E-state index in [0.717, 1.165) is 31.5 Å². The average Bonchev–Trinajstić information content (AvgIpc) is 2.73. The molecule has 4 nitrogen and oxygen atoms in total. The van der Waals surface area contributed by atoms with Crippen molar-refractivity contribution < 1.29 is 8.42 Å². The molecule has 0 saturated heterocycles. The molecule has 102 valence electrons. The van der Waals surface area contributed by atoms with Gasteiger partial charge in [0, 0.05) is 12.6 Å². The van der Waals surface area contributed by atoms with Crippen molar-refractivity contribution in [2.75, 3.05) is 6.54 Å². The summed E-state index contributed by atoms with van der Waals surface area (Å²) in [5.41, 5.74) is 1.03. The molecule has 0 aromatic carbocycles. The van der Waals surface area contributed by atoms with Gasteiger partial charge in [0.2, 0.25) is 10.0 Å². The predicted octanol–water partition coefficient (Wildman–Crippen LogP) is 1.93. The quantitative estimate of drug-likeness (QED) is 0.841. The highest BCUT2D eigenvalue weighted by Crippen LogP contribution is 2.29. The van der Waals surface area contributed by atoms with Gasteiger partial charge in [-0.25, -0.2) is 13.1 Å². The van der Waals surface area contributed by atoms with Crippen LogP contribution < -0.4 is 10.0 Å². The average molecular weight is 288 g/mol. The summed E-state index contributed by atoms with van der Waals surface area (Å²) < 4.78 is 27.4. The van der Waals surface area contributed by atoms with Crippen LogP contribution in [0.4, 0.5) is 0 Å². The molecule has 0 unspecified atom stereocenters. The van der Waals surface area contributed by atoms with Crippen molar-refractivity contribution in [1.29, 1.82) is 0 Å². The van der Waals surface area contributed by atoms with Crippen molar-refractivity contribution in [2.24, 2.45) is 5.92 Å². The van der Waals surface area contributed by atoms with Crippen LogP contribution in [0.25, 0.3) is 0 Å². The molecule has 18 heavy (non-hydrogen) atoms. The van der Waals surface area contributed by atoms with E-state index < -0.39 is 10.0 Å². The predicted molar refractivity (Wildman–Crippen MR) is 74.2 cm³/mol. The standard InChI is InChI=1S/C12H20N2O2S2/c1-3-13-7-10-6-12(17-8-10)18(15,16)14-11-4-9(2)5-11/h6,8-9,11,13-14H,3-5,7H2,1-2H3. The van der Waals surface area contributed by atoms with Gasteiger partial charge in [0.15, 0.2) is 0 Å². The largest absolute Gasteiger partial charge is 0.313 e. The van der Waals surface area contributed by atoms with Crippen LogP contribution >= 0.6 is 11.3 Å². The highest BCUT2D eigenvalue weighted by Gasteiger charge is 2.30. The third kappa shape index (κ3) is 3.32. The number of thiophene rings is 1. The first-order chi connectivity index (χ1) is 8.51. The molecule has 1 aromatic rings. The zero-order valence-corrected chi connectivity index (χ0v) is 12.4. The van der Waals surface area contributed by atoms with Gasteiger partial charge in [-0.3, -0.25) is 0 Å². The molecule has 0 radical (unpaired) electrons. The van der Waals surface area contributed by atoms with Gasteiger partial charge in [0.05, 0.1) is 0 Å². The summed E-state index contributed by atoms with van der Waals surface area (Å²) in [6.45, 7) is 5.78. The number of nitrogens with one attached hydrogen (secondary N) is 2. The molecule has 0 bridgehead atoms. The molecular formula is C12H20N2O2S2. The van der Waals surface area contributed by atoms with E-state index in [1.54, 1.807) is 6.07 Å². The Labute approximate surface area is 113 Å². The second kappa shape index (κ2) is 5.69. The van der Waals surface area contributed by atoms with Gasteiger partial charge < -0.3 is 5.32 Å². The summed E-state index contributed by atoms with van der Waals surface area (Å²) >= 11 is 1.29. The molecule has 1 fully saturated rings. The Kier molecular flexibility index (Phi) is 4.42. The van der Waals surface area contributed by atoms with E-state index in [-0.39, 0.29) is 6.04 Å². The normalized spacial score (nSPS) is 23.9. The summed E-state index contributed by atoms with van der Waals surface area (Å²) in [6.07, 6.45) is 1.91. The lowest BCUT2D eigenvalue weighted by Crippen LogP contribution is -2.43. The third-order valence-electron chi connectivity index (χ3n) is 3.17. The van der Waals surface area contributed by atoms with E-state index in [1.807, 2.05) is 12.3 Å². The SMILES string of the molecule is CCNCc1csc(S(=O)(=O)NC2CC(C)C2)c1. The van der Waals surface area contributed by atoms with Crippen LogP contribution in [0.15, 0.2) is 15.7 Å². The number of hydrogen-bond acceptors (Lipinski definition) is 4. The Balaban J connectivity index is 1.98. The number of sulfonamides is 1. The minimum atomic E-state index is -3.31. The molecule has 2 rings (SSSR count). The zero-order valence-electron chi connectivity index (χ0n) is 10.8. The molecular weight excluding hydrogens is 268 g/mol. The first-order valence-corrected chi connectivity index (χ1v) is 8.68. The molecule has 1 aliphatic rings. The minimum Gasteiger partial charge on any atom is -0.313 e. The fourth-order valence-corrected chi connectivity index (χ4v) is 4.62. The second-order valence-corrected chi connectivity index (χ2v) is 7.80. The third-order valence-corrected chi connectivity index (χ3v) is 6.18. The molecule has 0 aliphatic heterocycles. The summed E-state index contributed by atoms with van der Waals surface area (Å²) in [7, 11) is -3.31. The first-order valence-electron chi connectivity index (χ1n) is 6.31. The van der Waals surface area contributed by atoms with Crippen molar-refractivity contribution in [2.45, 2.75) is 43.5 Å². The van der Waals surface area contributed by atoms with E-state index in [0.29, 0.717) is 10.1 Å². The smallest absolute Gasteiger partial charge is 0.250 e. The highest BCUT2D eigenvalue weighted by molar-refractivity contribution is 7.91. The van der Waals surface area contributed by atoms with Gasteiger partial charge in [0.25, 0.3) is 0 Å². The van der Waals surface area contributed by atoms with E-state index in [9.17, 15) is 8.42 Å². The lowest BCUT2D eigenvalue weighted by Gasteiger charge is -2.32. The summed E-state index contributed by atoms with van der Waals surface area (Å²) in [6, 6.07) is 1.89. The van der Waals surface area contributed by atoms with E-state index in [4.69, 9.17) is 0 Å². The van der Waals surface area contributed by atoms with Gasteiger partial charge in [-0.2, -0.15) is 0 Å². The maximum absolute atomic E-state index is 12.1. The molecule has 1 heterocycles. The Morgan fingerprint density at radius 2 is 2.17 bits per heavy atom. The first kappa shape index (κ1) is 14.0. The molecule has 1 saturated carbocycles. The van der Waals surface area contributed by atoms with Crippen LogP contribution in [0.3, 0.4) is 0 Å². The summed E-state index contributed by atoms with van der Waals surface area (Å²) in [5.74, 6) is 0.644. The van der Waals surface area contributed by atoms with Gasteiger partial charge >= 0.3 is 0 Å². The summed E-state index contributed by atoms with van der Waals surface area (Å²) in [4.78, 5) is 0. The van der Waals surface area contributed by atoms with Crippen LogP contribution in [-0.2, 0) is 16.6 Å². The monoisotopic (exact) mass is 288 g/mol. The highest BCUT2D eigenvalue weighted by atomic mass is 32.2. The summed E-state index contributed by atoms with van der Waals surface area (Å²) in [5, 5.41) is 5.09. The van der Waals surface area contributed by atoms with Crippen molar-refractivity contribution in [3.63, 3.8) is 0 Å². The Bertz CT molecular complexity index is 490. The Morgan fingerprint density at radius 1 is 1.44 bits per heavy atom. The van der Waals surface area contributed by atoms with Crippen molar-refractivity contribution in [3.05, 3.63) is 17.0 Å². The molecule has 6 heteroatoms. The molecule has 0 atom stereocenters. The van der Waals surface area contributed by atoms with Crippen LogP contribution in [-0.4, -0.2) is 21.0 Å². The Hall–Kier alpha value is -0.430. The lowest BCUT2D eigenvalue weighted by atomic mass is 9.83. The molecule has 1 aromatic heterocycles.